The van der Waals surface area contributed by atoms with E-state index < -0.39 is 5.60 Å². The van der Waals surface area contributed by atoms with Crippen LogP contribution in [0, 0.1) is 20.8 Å². The first kappa shape index (κ1) is 10.3. The maximum absolute atomic E-state index is 9.94. The Morgan fingerprint density at radius 3 is 1.69 bits per heavy atom. The molecule has 0 amide bonds. The minimum absolute atomic E-state index is 0.734. The maximum atomic E-state index is 9.94. The molecule has 13 heavy (non-hydrogen) atoms. The third-order valence-corrected chi connectivity index (χ3v) is 2.29. The molecule has 0 atom stereocenters. The Bertz CT molecular complexity index is 295. The molecular formula is C12H18O. The van der Waals surface area contributed by atoms with Crippen LogP contribution in [0.3, 0.4) is 0 Å². The van der Waals surface area contributed by atoms with E-state index in [1.165, 1.54) is 16.7 Å². The summed E-state index contributed by atoms with van der Waals surface area (Å²) in [5.41, 5.74) is 3.91. The largest absolute Gasteiger partial charge is 0.386 e. The van der Waals surface area contributed by atoms with E-state index in [2.05, 4.69) is 19.1 Å². The van der Waals surface area contributed by atoms with Crippen LogP contribution in [-0.2, 0) is 5.60 Å². The Hall–Kier alpha value is -0.820. The Labute approximate surface area is 80.4 Å². The Balaban J connectivity index is 3.38. The van der Waals surface area contributed by atoms with Crippen molar-refractivity contribution in [2.24, 2.45) is 0 Å². The first-order valence-corrected chi connectivity index (χ1v) is 4.63. The van der Waals surface area contributed by atoms with Gasteiger partial charge in [0, 0.05) is 0 Å². The summed E-state index contributed by atoms with van der Waals surface area (Å²) >= 11 is 0. The topological polar surface area (TPSA) is 20.2 Å². The predicted octanol–water partition coefficient (Wildman–Crippen LogP) is 2.84. The molecule has 0 saturated heterocycles. The molecule has 0 aliphatic rings. The zero-order chi connectivity index (χ0) is 10.2. The van der Waals surface area contributed by atoms with Crippen molar-refractivity contribution in [1.29, 1.82) is 0 Å². The number of hydrogen-bond acceptors (Lipinski definition) is 1. The summed E-state index contributed by atoms with van der Waals surface area (Å²) < 4.78 is 0. The van der Waals surface area contributed by atoms with Gasteiger partial charge in [0.05, 0.1) is 5.60 Å². The molecule has 1 N–H and O–H groups in total. The summed E-state index contributed by atoms with van der Waals surface area (Å²) in [6, 6.07) is 4.22. The third-order valence-electron chi connectivity index (χ3n) is 2.29. The van der Waals surface area contributed by atoms with Crippen LogP contribution in [-0.4, -0.2) is 5.11 Å². The van der Waals surface area contributed by atoms with Gasteiger partial charge in [-0.1, -0.05) is 17.7 Å². The summed E-state index contributed by atoms with van der Waals surface area (Å²) in [4.78, 5) is 0. The highest BCUT2D eigenvalue weighted by atomic mass is 16.3. The molecule has 0 bridgehead atoms. The van der Waals surface area contributed by atoms with Crippen molar-refractivity contribution in [3.8, 4) is 0 Å². The van der Waals surface area contributed by atoms with Gasteiger partial charge < -0.3 is 5.11 Å². The van der Waals surface area contributed by atoms with Crippen molar-refractivity contribution >= 4 is 0 Å². The molecule has 1 nitrogen and oxygen atoms in total. The minimum atomic E-state index is -0.734. The normalized spacial score (nSPS) is 11.8. The summed E-state index contributed by atoms with van der Waals surface area (Å²) in [5, 5.41) is 9.94. The average Bonchev–Trinajstić information content (AvgIpc) is 1.78. The number of rotatable bonds is 1. The van der Waals surface area contributed by atoms with E-state index in [1.54, 1.807) is 0 Å². The minimum Gasteiger partial charge on any atom is -0.386 e. The van der Waals surface area contributed by atoms with Gasteiger partial charge in [0.15, 0.2) is 0 Å². The smallest absolute Gasteiger partial charge is 0.0845 e. The van der Waals surface area contributed by atoms with Crippen molar-refractivity contribution in [1.82, 2.24) is 0 Å². The van der Waals surface area contributed by atoms with Crippen LogP contribution >= 0.6 is 0 Å². The van der Waals surface area contributed by atoms with Gasteiger partial charge in [0.2, 0.25) is 0 Å². The van der Waals surface area contributed by atoms with Crippen LogP contribution in [0.5, 0.6) is 0 Å². The molecule has 0 aromatic heterocycles. The van der Waals surface area contributed by atoms with E-state index in [9.17, 15) is 5.11 Å². The van der Waals surface area contributed by atoms with E-state index in [1.807, 2.05) is 27.7 Å². The predicted molar refractivity (Wildman–Crippen MR) is 55.9 cm³/mol. The monoisotopic (exact) mass is 178 g/mol. The maximum Gasteiger partial charge on any atom is 0.0845 e. The second-order valence-electron chi connectivity index (χ2n) is 4.33. The van der Waals surface area contributed by atoms with Gasteiger partial charge in [-0.3, -0.25) is 0 Å². The average molecular weight is 178 g/mol. The van der Waals surface area contributed by atoms with Gasteiger partial charge in [-0.05, 0) is 51.3 Å². The van der Waals surface area contributed by atoms with Crippen molar-refractivity contribution in [2.75, 3.05) is 0 Å². The van der Waals surface area contributed by atoms with Gasteiger partial charge in [0.1, 0.15) is 0 Å². The number of hydrogen-bond donors (Lipinski definition) is 1. The van der Waals surface area contributed by atoms with Gasteiger partial charge in [-0.15, -0.1) is 0 Å². The molecule has 0 saturated carbocycles. The fourth-order valence-corrected chi connectivity index (χ4v) is 2.15. The van der Waals surface area contributed by atoms with E-state index in [-0.39, 0.29) is 0 Å². The molecule has 1 heteroatoms. The molecule has 0 spiro atoms. The molecule has 0 radical (unpaired) electrons. The van der Waals surface area contributed by atoms with Gasteiger partial charge in [0.25, 0.3) is 0 Å². The zero-order valence-corrected chi connectivity index (χ0v) is 9.10. The van der Waals surface area contributed by atoms with Crippen molar-refractivity contribution in [2.45, 2.75) is 40.2 Å². The summed E-state index contributed by atoms with van der Waals surface area (Å²) in [6.07, 6.45) is 0. The lowest BCUT2D eigenvalue weighted by atomic mass is 9.88. The highest BCUT2D eigenvalue weighted by Crippen LogP contribution is 2.27. The summed E-state index contributed by atoms with van der Waals surface area (Å²) in [7, 11) is 0. The Kier molecular flexibility index (Phi) is 2.49. The molecule has 0 fully saturated rings. The number of aryl methyl sites for hydroxylation is 3. The highest BCUT2D eigenvalue weighted by Gasteiger charge is 2.20. The number of benzene rings is 1. The highest BCUT2D eigenvalue weighted by molar-refractivity contribution is 5.40. The van der Waals surface area contributed by atoms with E-state index >= 15 is 0 Å². The van der Waals surface area contributed by atoms with Crippen molar-refractivity contribution < 1.29 is 5.11 Å². The van der Waals surface area contributed by atoms with Gasteiger partial charge in [-0.25, -0.2) is 0 Å². The fraction of sp³-hybridized carbons (Fsp3) is 0.500. The SMILES string of the molecule is Cc1cc(C)c(C(C)(C)O)c(C)c1. The molecule has 72 valence electrons. The fourth-order valence-electron chi connectivity index (χ4n) is 2.15. The summed E-state index contributed by atoms with van der Waals surface area (Å²) in [6.45, 7) is 9.84. The van der Waals surface area contributed by atoms with Crippen LogP contribution < -0.4 is 0 Å². The lowest BCUT2D eigenvalue weighted by Crippen LogP contribution is -2.19. The standard InChI is InChI=1S/C12H18O/c1-8-6-9(2)11(10(3)7-8)12(4,5)13/h6-7,13H,1-5H3. The Morgan fingerprint density at radius 2 is 1.38 bits per heavy atom. The lowest BCUT2D eigenvalue weighted by molar-refractivity contribution is 0.0772. The molecule has 1 rings (SSSR count). The van der Waals surface area contributed by atoms with E-state index in [4.69, 9.17) is 0 Å². The molecule has 1 aromatic rings. The molecular weight excluding hydrogens is 160 g/mol. The quantitative estimate of drug-likeness (QED) is 0.701. The van der Waals surface area contributed by atoms with Crippen LogP contribution in [0.2, 0.25) is 0 Å². The van der Waals surface area contributed by atoms with E-state index in [0.717, 1.165) is 5.56 Å². The number of aliphatic hydroxyl groups is 1. The first-order valence-electron chi connectivity index (χ1n) is 4.63. The summed E-state index contributed by atoms with van der Waals surface area (Å²) in [5.74, 6) is 0. The van der Waals surface area contributed by atoms with Gasteiger partial charge >= 0.3 is 0 Å². The van der Waals surface area contributed by atoms with Crippen LogP contribution in [0.4, 0.5) is 0 Å². The molecule has 0 unspecified atom stereocenters. The molecule has 1 aromatic carbocycles. The van der Waals surface area contributed by atoms with Crippen LogP contribution in [0.1, 0.15) is 36.1 Å². The van der Waals surface area contributed by atoms with Gasteiger partial charge in [-0.2, -0.15) is 0 Å². The van der Waals surface area contributed by atoms with Crippen molar-refractivity contribution in [3.05, 3.63) is 34.4 Å². The molecule has 0 aliphatic carbocycles. The molecule has 0 heterocycles. The lowest BCUT2D eigenvalue weighted by Gasteiger charge is -2.23. The van der Waals surface area contributed by atoms with Crippen molar-refractivity contribution in [3.63, 3.8) is 0 Å². The second kappa shape index (κ2) is 3.15. The van der Waals surface area contributed by atoms with E-state index in [0.29, 0.717) is 0 Å². The zero-order valence-electron chi connectivity index (χ0n) is 9.10. The first-order chi connectivity index (χ1) is 5.82. The van der Waals surface area contributed by atoms with Crippen LogP contribution in [0.25, 0.3) is 0 Å². The third kappa shape index (κ3) is 2.10. The second-order valence-corrected chi connectivity index (χ2v) is 4.33. The van der Waals surface area contributed by atoms with Crippen LogP contribution in [0.15, 0.2) is 12.1 Å². The molecule has 0 aliphatic heterocycles. The Morgan fingerprint density at radius 1 is 1.00 bits per heavy atom.